The molecule has 0 spiro atoms. The molecule has 0 atom stereocenters. The van der Waals surface area contributed by atoms with E-state index < -0.39 is 0 Å². The van der Waals surface area contributed by atoms with Crippen molar-refractivity contribution in [2.24, 2.45) is 10.8 Å². The number of rotatable bonds is 3. The first-order valence-electron chi connectivity index (χ1n) is 6.23. The van der Waals surface area contributed by atoms with E-state index in [1.165, 1.54) is 0 Å². The van der Waals surface area contributed by atoms with Crippen LogP contribution in [0.25, 0.3) is 0 Å². The number of hydrogen-bond acceptors (Lipinski definition) is 2. The third-order valence-electron chi connectivity index (χ3n) is 4.21. The molecule has 0 aromatic rings. The van der Waals surface area contributed by atoms with E-state index in [9.17, 15) is 9.59 Å². The zero-order chi connectivity index (χ0) is 12.8. The first-order valence-corrected chi connectivity index (χ1v) is 6.23. The van der Waals surface area contributed by atoms with Gasteiger partial charge in [-0.2, -0.15) is 0 Å². The summed E-state index contributed by atoms with van der Waals surface area (Å²) in [5.74, 6) is 0.458. The minimum Gasteiger partial charge on any atom is -0.299 e. The van der Waals surface area contributed by atoms with Gasteiger partial charge in [0.15, 0.2) is 5.78 Å². The molecule has 0 N–H and O–H groups in total. The van der Waals surface area contributed by atoms with E-state index in [4.69, 9.17) is 0 Å². The fourth-order valence-electron chi connectivity index (χ4n) is 2.67. The van der Waals surface area contributed by atoms with Gasteiger partial charge in [-0.15, -0.1) is 0 Å². The molecular weight excluding hydrogens is 212 g/mol. The van der Waals surface area contributed by atoms with Gasteiger partial charge in [0.05, 0.1) is 0 Å². The van der Waals surface area contributed by atoms with Gasteiger partial charge in [-0.1, -0.05) is 25.5 Å². The predicted molar refractivity (Wildman–Crippen MR) is 67.6 cm³/mol. The largest absolute Gasteiger partial charge is 0.299 e. The summed E-state index contributed by atoms with van der Waals surface area (Å²) >= 11 is 0. The van der Waals surface area contributed by atoms with Crippen LogP contribution in [0.2, 0.25) is 0 Å². The lowest BCUT2D eigenvalue weighted by Crippen LogP contribution is -2.16. The molecule has 2 aliphatic carbocycles. The minimum atomic E-state index is -0.265. The molecule has 0 amide bonds. The van der Waals surface area contributed by atoms with Crippen LogP contribution in [0, 0.1) is 10.8 Å². The van der Waals surface area contributed by atoms with Gasteiger partial charge in [-0.3, -0.25) is 9.59 Å². The van der Waals surface area contributed by atoms with Crippen molar-refractivity contribution < 1.29 is 9.59 Å². The molecule has 92 valence electrons. The third-order valence-corrected chi connectivity index (χ3v) is 4.21. The van der Waals surface area contributed by atoms with Crippen LogP contribution in [-0.2, 0) is 9.59 Å². The average Bonchev–Trinajstić information content (AvgIpc) is 2.92. The molecule has 2 nitrogen and oxygen atoms in total. The number of allylic oxidation sites excluding steroid dienone is 4. The number of ketones is 2. The third kappa shape index (κ3) is 2.01. The molecule has 0 unspecified atom stereocenters. The SMILES string of the molecule is CC(=O)C1(C(C)=CC2=CC(=O)C(C)(C)C2)CC1. The Morgan fingerprint density at radius 1 is 1.29 bits per heavy atom. The molecule has 0 heterocycles. The van der Waals surface area contributed by atoms with Crippen LogP contribution in [0.4, 0.5) is 0 Å². The second-order valence-electron chi connectivity index (χ2n) is 6.11. The van der Waals surface area contributed by atoms with Gasteiger partial charge in [0.2, 0.25) is 0 Å². The first kappa shape index (κ1) is 12.3. The molecular formula is C15H20O2. The summed E-state index contributed by atoms with van der Waals surface area (Å²) in [6.45, 7) is 7.63. The highest BCUT2D eigenvalue weighted by atomic mass is 16.1. The van der Waals surface area contributed by atoms with Crippen LogP contribution in [0.15, 0.2) is 23.3 Å². The average molecular weight is 232 g/mol. The number of carbonyl (C=O) groups excluding carboxylic acids is 2. The van der Waals surface area contributed by atoms with Gasteiger partial charge in [0, 0.05) is 10.8 Å². The van der Waals surface area contributed by atoms with E-state index in [1.807, 2.05) is 20.8 Å². The predicted octanol–water partition coefficient (Wildman–Crippen LogP) is 3.23. The van der Waals surface area contributed by atoms with Crippen LogP contribution >= 0.6 is 0 Å². The molecule has 0 aromatic heterocycles. The minimum absolute atomic E-state index is 0.198. The summed E-state index contributed by atoms with van der Waals surface area (Å²) in [7, 11) is 0. The van der Waals surface area contributed by atoms with Crippen LogP contribution in [0.5, 0.6) is 0 Å². The standard InChI is InChI=1S/C15H20O2/c1-10(15(5-6-15)11(2)16)7-12-8-13(17)14(3,4)9-12/h7-8H,5-6,9H2,1-4H3. The van der Waals surface area contributed by atoms with Crippen LogP contribution < -0.4 is 0 Å². The zero-order valence-electron chi connectivity index (χ0n) is 11.1. The first-order chi connectivity index (χ1) is 7.78. The lowest BCUT2D eigenvalue weighted by molar-refractivity contribution is -0.121. The Morgan fingerprint density at radius 3 is 2.24 bits per heavy atom. The molecule has 17 heavy (non-hydrogen) atoms. The van der Waals surface area contributed by atoms with Crippen molar-refractivity contribution in [3.8, 4) is 0 Å². The van der Waals surface area contributed by atoms with Crippen molar-refractivity contribution >= 4 is 11.6 Å². The molecule has 1 saturated carbocycles. The highest BCUT2D eigenvalue weighted by molar-refractivity contribution is 5.98. The zero-order valence-corrected chi connectivity index (χ0v) is 11.1. The molecule has 0 radical (unpaired) electrons. The summed E-state index contributed by atoms with van der Waals surface area (Å²) < 4.78 is 0. The molecule has 0 aliphatic heterocycles. The van der Waals surface area contributed by atoms with E-state index in [1.54, 1.807) is 13.0 Å². The number of hydrogen-bond donors (Lipinski definition) is 0. The number of carbonyl (C=O) groups is 2. The van der Waals surface area contributed by atoms with E-state index in [-0.39, 0.29) is 22.4 Å². The van der Waals surface area contributed by atoms with Crippen molar-refractivity contribution in [3.05, 3.63) is 23.3 Å². The maximum Gasteiger partial charge on any atom is 0.161 e. The summed E-state index contributed by atoms with van der Waals surface area (Å²) in [6.07, 6.45) is 6.52. The Morgan fingerprint density at radius 2 is 1.88 bits per heavy atom. The van der Waals surface area contributed by atoms with Crippen molar-refractivity contribution in [2.75, 3.05) is 0 Å². The van der Waals surface area contributed by atoms with Crippen molar-refractivity contribution in [2.45, 2.75) is 47.0 Å². The molecule has 0 aromatic carbocycles. The van der Waals surface area contributed by atoms with E-state index >= 15 is 0 Å². The van der Waals surface area contributed by atoms with Crippen LogP contribution in [0.3, 0.4) is 0 Å². The Labute approximate surface area is 103 Å². The quantitative estimate of drug-likeness (QED) is 0.748. The Kier molecular flexibility index (Phi) is 2.64. The fraction of sp³-hybridized carbons (Fsp3) is 0.600. The number of Topliss-reactive ketones (excluding diaryl/α,β-unsaturated/α-hetero) is 1. The molecule has 0 saturated heterocycles. The van der Waals surface area contributed by atoms with Gasteiger partial charge in [-0.25, -0.2) is 0 Å². The highest BCUT2D eigenvalue weighted by Crippen LogP contribution is 2.53. The maximum absolute atomic E-state index is 11.7. The lowest BCUT2D eigenvalue weighted by Gasteiger charge is -2.15. The summed E-state index contributed by atoms with van der Waals surface area (Å²) in [6, 6.07) is 0. The smallest absolute Gasteiger partial charge is 0.161 e. The van der Waals surface area contributed by atoms with Gasteiger partial charge in [0.1, 0.15) is 5.78 Å². The normalized spacial score (nSPS) is 25.8. The fourth-order valence-corrected chi connectivity index (χ4v) is 2.67. The van der Waals surface area contributed by atoms with E-state index in [0.29, 0.717) is 0 Å². The second-order valence-corrected chi connectivity index (χ2v) is 6.11. The molecule has 0 bridgehead atoms. The second kappa shape index (κ2) is 3.66. The molecule has 2 aliphatic rings. The molecule has 2 rings (SSSR count). The van der Waals surface area contributed by atoms with Gasteiger partial charge < -0.3 is 0 Å². The van der Waals surface area contributed by atoms with Crippen LogP contribution in [-0.4, -0.2) is 11.6 Å². The summed E-state index contributed by atoms with van der Waals surface area (Å²) in [5.41, 5.74) is 1.74. The van der Waals surface area contributed by atoms with Gasteiger partial charge in [-0.05, 0) is 44.8 Å². The molecule has 1 fully saturated rings. The van der Waals surface area contributed by atoms with Gasteiger partial charge >= 0.3 is 0 Å². The summed E-state index contributed by atoms with van der Waals surface area (Å²) in [4.78, 5) is 23.3. The van der Waals surface area contributed by atoms with Crippen molar-refractivity contribution in [1.82, 2.24) is 0 Å². The monoisotopic (exact) mass is 232 g/mol. The van der Waals surface area contributed by atoms with Crippen molar-refractivity contribution in [3.63, 3.8) is 0 Å². The topological polar surface area (TPSA) is 34.1 Å². The summed E-state index contributed by atoms with van der Waals surface area (Å²) in [5, 5.41) is 0. The maximum atomic E-state index is 11.7. The lowest BCUT2D eigenvalue weighted by atomic mass is 9.87. The highest BCUT2D eigenvalue weighted by Gasteiger charge is 2.48. The van der Waals surface area contributed by atoms with E-state index in [2.05, 4.69) is 6.08 Å². The van der Waals surface area contributed by atoms with Crippen LogP contribution in [0.1, 0.15) is 47.0 Å². The Bertz CT molecular complexity index is 446. The Balaban J connectivity index is 2.20. The van der Waals surface area contributed by atoms with E-state index in [0.717, 1.165) is 30.4 Å². The Hall–Kier alpha value is -1.18. The van der Waals surface area contributed by atoms with Crippen molar-refractivity contribution in [1.29, 1.82) is 0 Å². The van der Waals surface area contributed by atoms with Gasteiger partial charge in [0.25, 0.3) is 0 Å². The molecule has 2 heteroatoms.